The van der Waals surface area contributed by atoms with Gasteiger partial charge in [-0.05, 0) is 26.2 Å². The topological polar surface area (TPSA) is 86.7 Å². The first-order valence-corrected chi connectivity index (χ1v) is 7.28. The predicted octanol–water partition coefficient (Wildman–Crippen LogP) is 0.638. The fraction of sp³-hybridized carbons (Fsp3) is 0.667. The van der Waals surface area contributed by atoms with E-state index in [1.54, 1.807) is 11.9 Å². The van der Waals surface area contributed by atoms with E-state index in [-0.39, 0.29) is 11.8 Å². The molecule has 0 aromatic carbocycles. The summed E-state index contributed by atoms with van der Waals surface area (Å²) in [5.74, 6) is -2.31. The van der Waals surface area contributed by atoms with Crippen molar-refractivity contribution in [2.24, 2.45) is 17.3 Å². The summed E-state index contributed by atoms with van der Waals surface area (Å²) in [5, 5.41) is 11.9. The fourth-order valence-electron chi connectivity index (χ4n) is 3.23. The number of likely N-dealkylation sites (tertiary alicyclic amines) is 1. The quantitative estimate of drug-likeness (QED) is 0.748. The van der Waals surface area contributed by atoms with Gasteiger partial charge < -0.3 is 15.3 Å². The minimum Gasteiger partial charge on any atom is -0.481 e. The minimum absolute atomic E-state index is 0.0730. The summed E-state index contributed by atoms with van der Waals surface area (Å²) in [7, 11) is 1.59. The molecule has 6 nitrogen and oxygen atoms in total. The normalized spacial score (nSPS) is 32.0. The van der Waals surface area contributed by atoms with Crippen LogP contribution in [0.5, 0.6) is 0 Å². The number of carbonyl (C=O) groups is 3. The average molecular weight is 294 g/mol. The molecule has 3 atom stereocenters. The van der Waals surface area contributed by atoms with Gasteiger partial charge in [-0.3, -0.25) is 14.4 Å². The van der Waals surface area contributed by atoms with E-state index in [2.05, 4.69) is 5.32 Å². The SMILES string of the molecule is CNC(=O)C1(C)CCN(C(=O)[C@@H]2CC=CC[C@@H]2C(=O)O)C1. The Balaban J connectivity index is 2.09. The Labute approximate surface area is 124 Å². The summed E-state index contributed by atoms with van der Waals surface area (Å²) in [6.07, 6.45) is 5.16. The Bertz CT molecular complexity index is 488. The van der Waals surface area contributed by atoms with Crippen molar-refractivity contribution in [3.63, 3.8) is 0 Å². The zero-order valence-corrected chi connectivity index (χ0v) is 12.5. The summed E-state index contributed by atoms with van der Waals surface area (Å²) in [6, 6.07) is 0. The lowest BCUT2D eigenvalue weighted by Gasteiger charge is -2.29. The maximum absolute atomic E-state index is 12.6. The van der Waals surface area contributed by atoms with E-state index in [0.717, 1.165) is 0 Å². The molecule has 0 bridgehead atoms. The molecule has 6 heteroatoms. The zero-order chi connectivity index (χ0) is 15.6. The molecule has 2 N–H and O–H groups in total. The smallest absolute Gasteiger partial charge is 0.307 e. The Hall–Kier alpha value is -1.85. The molecule has 1 unspecified atom stereocenters. The molecular formula is C15H22N2O4. The van der Waals surface area contributed by atoms with Crippen molar-refractivity contribution in [2.75, 3.05) is 20.1 Å². The number of carbonyl (C=O) groups excluding carboxylic acids is 2. The van der Waals surface area contributed by atoms with Gasteiger partial charge in [-0.15, -0.1) is 0 Å². The number of carboxylic acid groups (broad SMARTS) is 1. The van der Waals surface area contributed by atoms with Crippen molar-refractivity contribution in [2.45, 2.75) is 26.2 Å². The highest BCUT2D eigenvalue weighted by molar-refractivity contribution is 5.88. The number of hydrogen-bond donors (Lipinski definition) is 2. The first-order valence-electron chi connectivity index (χ1n) is 7.28. The third-order valence-electron chi connectivity index (χ3n) is 4.63. The van der Waals surface area contributed by atoms with Gasteiger partial charge >= 0.3 is 5.97 Å². The van der Waals surface area contributed by atoms with Crippen LogP contribution in [0.15, 0.2) is 12.2 Å². The largest absolute Gasteiger partial charge is 0.481 e. The van der Waals surface area contributed by atoms with Crippen molar-refractivity contribution < 1.29 is 19.5 Å². The van der Waals surface area contributed by atoms with Crippen molar-refractivity contribution in [3.8, 4) is 0 Å². The predicted molar refractivity (Wildman–Crippen MR) is 76.4 cm³/mol. The van der Waals surface area contributed by atoms with Gasteiger partial charge in [-0.2, -0.15) is 0 Å². The molecule has 116 valence electrons. The van der Waals surface area contributed by atoms with Gasteiger partial charge in [-0.25, -0.2) is 0 Å². The van der Waals surface area contributed by atoms with Crippen LogP contribution in [-0.4, -0.2) is 47.9 Å². The molecule has 0 radical (unpaired) electrons. The van der Waals surface area contributed by atoms with Crippen LogP contribution in [0, 0.1) is 17.3 Å². The number of nitrogens with one attached hydrogen (secondary N) is 1. The van der Waals surface area contributed by atoms with Gasteiger partial charge in [-0.1, -0.05) is 12.2 Å². The van der Waals surface area contributed by atoms with Gasteiger partial charge in [0.15, 0.2) is 0 Å². The first-order chi connectivity index (χ1) is 9.89. The number of hydrogen-bond acceptors (Lipinski definition) is 3. The number of amides is 2. The molecule has 2 aliphatic rings. The van der Waals surface area contributed by atoms with E-state index < -0.39 is 23.2 Å². The molecule has 1 heterocycles. The van der Waals surface area contributed by atoms with Gasteiger partial charge in [0.1, 0.15) is 0 Å². The van der Waals surface area contributed by atoms with Crippen LogP contribution in [0.2, 0.25) is 0 Å². The standard InChI is InChI=1S/C15H22N2O4/c1-15(14(21)16-2)7-8-17(9-15)12(18)10-5-3-4-6-11(10)13(19)20/h3-4,10-11H,5-9H2,1-2H3,(H,16,21)(H,19,20)/t10-,11+,15?/m1/s1. The second-order valence-corrected chi connectivity index (χ2v) is 6.14. The van der Waals surface area contributed by atoms with Crippen LogP contribution in [0.25, 0.3) is 0 Å². The van der Waals surface area contributed by atoms with Crippen molar-refractivity contribution >= 4 is 17.8 Å². The number of rotatable bonds is 3. The Morgan fingerprint density at radius 2 is 1.86 bits per heavy atom. The van der Waals surface area contributed by atoms with Crippen LogP contribution in [-0.2, 0) is 14.4 Å². The lowest BCUT2D eigenvalue weighted by Crippen LogP contribution is -2.44. The molecule has 0 spiro atoms. The van der Waals surface area contributed by atoms with E-state index in [1.165, 1.54) is 0 Å². The zero-order valence-electron chi connectivity index (χ0n) is 12.5. The maximum atomic E-state index is 12.6. The van der Waals surface area contributed by atoms with Crippen LogP contribution in [0.4, 0.5) is 0 Å². The van der Waals surface area contributed by atoms with Crippen LogP contribution in [0.1, 0.15) is 26.2 Å². The van der Waals surface area contributed by atoms with Crippen LogP contribution in [0.3, 0.4) is 0 Å². The summed E-state index contributed by atoms with van der Waals surface area (Å²) in [6.45, 7) is 2.71. The number of nitrogens with zero attached hydrogens (tertiary/aromatic N) is 1. The third-order valence-corrected chi connectivity index (χ3v) is 4.63. The highest BCUT2D eigenvalue weighted by atomic mass is 16.4. The van der Waals surface area contributed by atoms with Crippen molar-refractivity contribution in [1.29, 1.82) is 0 Å². The molecular weight excluding hydrogens is 272 g/mol. The highest BCUT2D eigenvalue weighted by Gasteiger charge is 2.44. The van der Waals surface area contributed by atoms with Gasteiger partial charge in [0.05, 0.1) is 17.3 Å². The van der Waals surface area contributed by atoms with E-state index in [4.69, 9.17) is 0 Å². The number of allylic oxidation sites excluding steroid dienone is 2. The molecule has 1 aliphatic heterocycles. The maximum Gasteiger partial charge on any atom is 0.307 e. The molecule has 1 saturated heterocycles. The van der Waals surface area contributed by atoms with Crippen molar-refractivity contribution in [1.82, 2.24) is 10.2 Å². The lowest BCUT2D eigenvalue weighted by molar-refractivity contribution is -0.150. The Kier molecular flexibility index (Phi) is 4.34. The highest BCUT2D eigenvalue weighted by Crippen LogP contribution is 2.34. The van der Waals surface area contributed by atoms with Crippen LogP contribution < -0.4 is 5.32 Å². The average Bonchev–Trinajstić information content (AvgIpc) is 2.89. The van der Waals surface area contributed by atoms with Crippen molar-refractivity contribution in [3.05, 3.63) is 12.2 Å². The molecule has 0 aromatic rings. The Morgan fingerprint density at radius 3 is 2.43 bits per heavy atom. The molecule has 0 aromatic heterocycles. The summed E-state index contributed by atoms with van der Waals surface area (Å²) in [5.41, 5.74) is -0.576. The lowest BCUT2D eigenvalue weighted by atomic mass is 9.82. The van der Waals surface area contributed by atoms with E-state index in [1.807, 2.05) is 19.1 Å². The van der Waals surface area contributed by atoms with Gasteiger partial charge in [0.2, 0.25) is 11.8 Å². The molecule has 1 fully saturated rings. The minimum atomic E-state index is -0.925. The second kappa shape index (κ2) is 5.87. The fourth-order valence-corrected chi connectivity index (χ4v) is 3.23. The van der Waals surface area contributed by atoms with E-state index in [9.17, 15) is 19.5 Å². The molecule has 2 rings (SSSR count). The molecule has 0 saturated carbocycles. The Morgan fingerprint density at radius 1 is 1.24 bits per heavy atom. The number of carboxylic acids is 1. The summed E-state index contributed by atoms with van der Waals surface area (Å²) >= 11 is 0. The molecule has 1 aliphatic carbocycles. The van der Waals surface area contributed by atoms with Gasteiger partial charge in [0.25, 0.3) is 0 Å². The van der Waals surface area contributed by atoms with Gasteiger partial charge in [0, 0.05) is 20.1 Å². The van der Waals surface area contributed by atoms with Crippen LogP contribution >= 0.6 is 0 Å². The number of aliphatic carboxylic acids is 1. The van der Waals surface area contributed by atoms with E-state index >= 15 is 0 Å². The third kappa shape index (κ3) is 2.94. The van der Waals surface area contributed by atoms with E-state index in [0.29, 0.717) is 32.4 Å². The summed E-state index contributed by atoms with van der Waals surface area (Å²) in [4.78, 5) is 37.5. The second-order valence-electron chi connectivity index (χ2n) is 6.14. The first kappa shape index (κ1) is 15.5. The monoisotopic (exact) mass is 294 g/mol. The molecule has 21 heavy (non-hydrogen) atoms. The summed E-state index contributed by atoms with van der Waals surface area (Å²) < 4.78 is 0. The molecule has 2 amide bonds.